The first kappa shape index (κ1) is 14.2. The number of hydrogen-bond donors (Lipinski definition) is 0. The molecule has 0 N–H and O–H groups in total. The molecule has 1 aliphatic carbocycles. The van der Waals surface area contributed by atoms with Gasteiger partial charge in [-0.2, -0.15) is 0 Å². The van der Waals surface area contributed by atoms with Crippen molar-refractivity contribution in [3.8, 4) is 0 Å². The second-order valence-corrected chi connectivity index (χ2v) is 4.42. The summed E-state index contributed by atoms with van der Waals surface area (Å²) >= 11 is 0. The molecule has 1 aromatic rings. The van der Waals surface area contributed by atoms with Gasteiger partial charge in [-0.15, -0.1) is 0 Å². The van der Waals surface area contributed by atoms with Crippen molar-refractivity contribution < 1.29 is 19.1 Å². The topological polar surface area (TPSA) is 81.6 Å². The zero-order chi connectivity index (χ0) is 14.5. The van der Waals surface area contributed by atoms with Crippen LogP contribution in [0.2, 0.25) is 0 Å². The van der Waals surface area contributed by atoms with Gasteiger partial charge in [0.1, 0.15) is 12.4 Å². The molecule has 20 heavy (non-hydrogen) atoms. The highest BCUT2D eigenvalue weighted by atomic mass is 16.5. The van der Waals surface area contributed by atoms with E-state index < -0.39 is 5.97 Å². The van der Waals surface area contributed by atoms with E-state index in [0.29, 0.717) is 12.4 Å². The number of anilines is 1. The van der Waals surface area contributed by atoms with Crippen LogP contribution in [0.5, 0.6) is 0 Å². The van der Waals surface area contributed by atoms with Crippen molar-refractivity contribution in [2.45, 2.75) is 25.8 Å². The summed E-state index contributed by atoms with van der Waals surface area (Å²) in [6.07, 6.45) is 4.85. The highest BCUT2D eigenvalue weighted by molar-refractivity contribution is 5.87. The molecule has 0 unspecified atom stereocenters. The molecule has 1 aromatic heterocycles. The van der Waals surface area contributed by atoms with Crippen molar-refractivity contribution >= 4 is 17.8 Å². The maximum atomic E-state index is 11.6. The number of aromatic nitrogens is 2. The van der Waals surface area contributed by atoms with Crippen molar-refractivity contribution in [2.24, 2.45) is 0 Å². The number of carbonyl (C=O) groups excluding carboxylic acids is 2. The number of nitrogens with zero attached hydrogens (tertiary/aromatic N) is 3. The van der Waals surface area contributed by atoms with Gasteiger partial charge in [-0.3, -0.25) is 9.78 Å². The number of hydrogen-bond acceptors (Lipinski definition) is 7. The van der Waals surface area contributed by atoms with Gasteiger partial charge in [-0.25, -0.2) is 9.78 Å². The van der Waals surface area contributed by atoms with Crippen LogP contribution >= 0.6 is 0 Å². The number of esters is 2. The van der Waals surface area contributed by atoms with E-state index in [1.54, 1.807) is 6.92 Å². The number of ether oxygens (including phenoxy) is 2. The average molecular weight is 279 g/mol. The van der Waals surface area contributed by atoms with Gasteiger partial charge in [0, 0.05) is 6.04 Å². The second-order valence-electron chi connectivity index (χ2n) is 4.42. The predicted molar refractivity (Wildman–Crippen MR) is 70.4 cm³/mol. The fraction of sp³-hybridized carbons (Fsp3) is 0.538. The van der Waals surface area contributed by atoms with Crippen molar-refractivity contribution in [1.82, 2.24) is 9.97 Å². The van der Waals surface area contributed by atoms with Gasteiger partial charge in [0.15, 0.2) is 5.69 Å². The average Bonchev–Trinajstić information content (AvgIpc) is 3.29. The summed E-state index contributed by atoms with van der Waals surface area (Å²) in [6, 6.07) is 0.251. The van der Waals surface area contributed by atoms with Crippen molar-refractivity contribution in [3.05, 3.63) is 18.1 Å². The Labute approximate surface area is 116 Å². The monoisotopic (exact) mass is 279 g/mol. The quantitative estimate of drug-likeness (QED) is 0.712. The first-order valence-corrected chi connectivity index (χ1v) is 6.48. The summed E-state index contributed by atoms with van der Waals surface area (Å²) < 4.78 is 9.57. The molecule has 0 atom stereocenters. The third kappa shape index (κ3) is 3.43. The first-order chi connectivity index (χ1) is 9.65. The van der Waals surface area contributed by atoms with E-state index >= 15 is 0 Å². The summed E-state index contributed by atoms with van der Waals surface area (Å²) in [6.45, 7) is 2.21. The number of rotatable bonds is 6. The summed E-state index contributed by atoms with van der Waals surface area (Å²) in [5.74, 6) is -0.376. The van der Waals surface area contributed by atoms with E-state index in [1.807, 2.05) is 4.90 Å². The molecule has 7 heteroatoms. The largest absolute Gasteiger partial charge is 0.465 e. The predicted octanol–water partition coefficient (Wildman–Crippen LogP) is 0.795. The van der Waals surface area contributed by atoms with Crippen molar-refractivity contribution in [1.29, 1.82) is 0 Å². The Bertz CT molecular complexity index is 502. The molecule has 1 heterocycles. The molecule has 0 bridgehead atoms. The molecule has 108 valence electrons. The lowest BCUT2D eigenvalue weighted by Crippen LogP contribution is -2.34. The molecule has 0 aliphatic heterocycles. The molecule has 0 radical (unpaired) electrons. The second kappa shape index (κ2) is 6.31. The lowest BCUT2D eigenvalue weighted by Gasteiger charge is -2.22. The third-order valence-corrected chi connectivity index (χ3v) is 2.90. The van der Waals surface area contributed by atoms with Crippen LogP contribution in [0.3, 0.4) is 0 Å². The number of methoxy groups -OCH3 is 1. The minimum atomic E-state index is -0.550. The Hall–Kier alpha value is -2.18. The van der Waals surface area contributed by atoms with E-state index in [0.717, 1.165) is 12.8 Å². The van der Waals surface area contributed by atoms with E-state index in [1.165, 1.54) is 19.5 Å². The molecule has 7 nitrogen and oxygen atoms in total. The van der Waals surface area contributed by atoms with E-state index in [2.05, 4.69) is 14.7 Å². The Morgan fingerprint density at radius 2 is 2.15 bits per heavy atom. The fourth-order valence-corrected chi connectivity index (χ4v) is 1.83. The van der Waals surface area contributed by atoms with Crippen LogP contribution in [0, 0.1) is 0 Å². The zero-order valence-electron chi connectivity index (χ0n) is 11.5. The molecule has 0 amide bonds. The summed E-state index contributed by atoms with van der Waals surface area (Å²) in [7, 11) is 1.29. The fourth-order valence-electron chi connectivity index (χ4n) is 1.83. The molecule has 1 aliphatic rings. The zero-order valence-corrected chi connectivity index (χ0v) is 11.5. The normalized spacial score (nSPS) is 13.7. The lowest BCUT2D eigenvalue weighted by atomic mass is 10.4. The third-order valence-electron chi connectivity index (χ3n) is 2.90. The summed E-state index contributed by atoms with van der Waals surface area (Å²) in [5.41, 5.74) is 0.125. The van der Waals surface area contributed by atoms with Gasteiger partial charge in [-0.1, -0.05) is 0 Å². The van der Waals surface area contributed by atoms with E-state index in [4.69, 9.17) is 4.74 Å². The summed E-state index contributed by atoms with van der Waals surface area (Å²) in [5, 5.41) is 0. The van der Waals surface area contributed by atoms with Crippen LogP contribution in [-0.2, 0) is 14.3 Å². The van der Waals surface area contributed by atoms with Crippen LogP contribution in [-0.4, -0.2) is 48.2 Å². The summed E-state index contributed by atoms with van der Waals surface area (Å²) in [4.78, 5) is 33.1. The highest BCUT2D eigenvalue weighted by Gasteiger charge is 2.32. The maximum Gasteiger partial charge on any atom is 0.358 e. The van der Waals surface area contributed by atoms with E-state index in [9.17, 15) is 9.59 Å². The Balaban J connectivity index is 2.17. The molecule has 0 saturated heterocycles. The van der Waals surface area contributed by atoms with Gasteiger partial charge >= 0.3 is 11.9 Å². The van der Waals surface area contributed by atoms with Crippen LogP contribution in [0.1, 0.15) is 30.3 Å². The molecule has 2 rings (SSSR count). The first-order valence-electron chi connectivity index (χ1n) is 6.48. The number of carbonyl (C=O) groups is 2. The lowest BCUT2D eigenvalue weighted by molar-refractivity contribution is -0.141. The van der Waals surface area contributed by atoms with Gasteiger partial charge in [-0.05, 0) is 19.8 Å². The minimum absolute atomic E-state index is 0.109. The SMILES string of the molecule is CCOC(=O)CN(c1cncc(C(=O)OC)n1)C1CC1. The molecule has 0 spiro atoms. The smallest absolute Gasteiger partial charge is 0.358 e. The van der Waals surface area contributed by atoms with Crippen LogP contribution in [0.15, 0.2) is 12.4 Å². The van der Waals surface area contributed by atoms with Crippen LogP contribution < -0.4 is 4.90 Å². The Morgan fingerprint density at radius 1 is 1.40 bits per heavy atom. The molecule has 1 fully saturated rings. The van der Waals surface area contributed by atoms with Gasteiger partial charge in [0.25, 0.3) is 0 Å². The molecular formula is C13H17N3O4. The van der Waals surface area contributed by atoms with Crippen LogP contribution in [0.4, 0.5) is 5.82 Å². The van der Waals surface area contributed by atoms with Crippen molar-refractivity contribution in [2.75, 3.05) is 25.2 Å². The van der Waals surface area contributed by atoms with Crippen molar-refractivity contribution in [3.63, 3.8) is 0 Å². The molecule has 1 saturated carbocycles. The molecule has 0 aromatic carbocycles. The standard InChI is InChI=1S/C13H17N3O4/c1-3-20-12(17)8-16(9-4-5-9)11-7-14-6-10(15-11)13(18)19-2/h6-7,9H,3-5,8H2,1-2H3. The maximum absolute atomic E-state index is 11.6. The van der Waals surface area contributed by atoms with Crippen LogP contribution in [0.25, 0.3) is 0 Å². The van der Waals surface area contributed by atoms with E-state index in [-0.39, 0.29) is 24.2 Å². The van der Waals surface area contributed by atoms with Gasteiger partial charge in [0.2, 0.25) is 0 Å². The Morgan fingerprint density at radius 3 is 2.75 bits per heavy atom. The molecular weight excluding hydrogens is 262 g/mol. The highest BCUT2D eigenvalue weighted by Crippen LogP contribution is 2.30. The Kier molecular flexibility index (Phi) is 4.49. The minimum Gasteiger partial charge on any atom is -0.465 e. The van der Waals surface area contributed by atoms with Gasteiger partial charge in [0.05, 0.1) is 26.1 Å². The van der Waals surface area contributed by atoms with Gasteiger partial charge < -0.3 is 14.4 Å².